The van der Waals surface area contributed by atoms with Gasteiger partial charge in [-0.25, -0.2) is 0 Å². The van der Waals surface area contributed by atoms with Gasteiger partial charge in [-0.3, -0.25) is 0 Å². The van der Waals surface area contributed by atoms with E-state index in [0.29, 0.717) is 17.5 Å². The molecular weight excluding hydrogens is 809 g/mol. The van der Waals surface area contributed by atoms with Gasteiger partial charge in [0, 0.05) is 11.1 Å². The summed E-state index contributed by atoms with van der Waals surface area (Å²) in [5.74, 6) is 0.392. The van der Waals surface area contributed by atoms with Crippen molar-refractivity contribution in [2.24, 2.45) is 0 Å². The molecule has 0 saturated carbocycles. The first kappa shape index (κ1) is 59.8. The summed E-state index contributed by atoms with van der Waals surface area (Å²) in [5, 5.41) is 21.9. The summed E-state index contributed by atoms with van der Waals surface area (Å²) < 4.78 is 11.4. The molecule has 1 rings (SSSR count). The molecule has 370 valence electrons. The lowest BCUT2D eigenvalue weighted by molar-refractivity contribution is 0.119. The fourth-order valence-electron chi connectivity index (χ4n) is 7.84. The van der Waals surface area contributed by atoms with Crippen LogP contribution in [0.2, 0.25) is 0 Å². The molecular formula is C62H98O4. The number of hydrogen-bond donors (Lipinski definition) is 2. The number of rotatable bonds is 31. The number of methoxy groups -OCH3 is 1. The molecule has 66 heavy (non-hydrogen) atoms. The standard InChI is InChI=1S/C62H98O4/c1-46(2)26-17-27-47(3)28-18-29-48(4)30-19-31-49(5)32-20-33-50(6)34-21-35-51(7)36-22-37-52(8)38-23-39-53(9)40-24-41-54(10)42-25-43-55(11)44-45-57-56(12)58(63)61(66-62(13,14)15)60(65-16)59(57)64/h26,28,30,32,34,36,38,40,42,44,63-64H,17-25,27,29,31,33,35,37,39,41,43,45H2,1-16H3/b47-28+,48-30+,49-32+,50-34+,51-36+,52-38+,53-40+,54-42+,55-44+. The predicted octanol–water partition coefficient (Wildman–Crippen LogP) is 19.6. The molecule has 0 aliphatic rings. The maximum atomic E-state index is 11.0. The fraction of sp³-hybridized carbons (Fsp3) is 0.581. The van der Waals surface area contributed by atoms with E-state index in [1.54, 1.807) is 0 Å². The van der Waals surface area contributed by atoms with Gasteiger partial charge >= 0.3 is 0 Å². The zero-order chi connectivity index (χ0) is 49.7. The molecule has 0 unspecified atom stereocenters. The minimum atomic E-state index is -0.547. The van der Waals surface area contributed by atoms with Gasteiger partial charge in [0.05, 0.1) is 7.11 Å². The van der Waals surface area contributed by atoms with E-state index in [-0.39, 0.29) is 23.0 Å². The van der Waals surface area contributed by atoms with Gasteiger partial charge in [0.25, 0.3) is 0 Å². The molecule has 0 aliphatic carbocycles. The van der Waals surface area contributed by atoms with Gasteiger partial charge in [0.1, 0.15) is 5.60 Å². The Morgan fingerprint density at radius 2 is 0.652 bits per heavy atom. The number of aromatic hydroxyl groups is 2. The van der Waals surface area contributed by atoms with E-state index >= 15 is 0 Å². The Labute approximate surface area is 407 Å². The van der Waals surface area contributed by atoms with Crippen LogP contribution in [0.1, 0.15) is 224 Å². The van der Waals surface area contributed by atoms with Gasteiger partial charge in [0.15, 0.2) is 11.5 Å². The third-order valence-electron chi connectivity index (χ3n) is 12.3. The minimum absolute atomic E-state index is 0.0132. The van der Waals surface area contributed by atoms with Crippen LogP contribution in [0.4, 0.5) is 0 Å². The van der Waals surface area contributed by atoms with Crippen molar-refractivity contribution in [1.29, 1.82) is 0 Å². The zero-order valence-corrected chi connectivity index (χ0v) is 45.4. The quantitative estimate of drug-likeness (QED) is 0.0576. The van der Waals surface area contributed by atoms with E-state index in [1.807, 2.05) is 27.7 Å². The first-order chi connectivity index (χ1) is 31.1. The Bertz CT molecular complexity index is 1930. The summed E-state index contributed by atoms with van der Waals surface area (Å²) in [5.41, 5.74) is 15.4. The Morgan fingerprint density at radius 3 is 0.894 bits per heavy atom. The van der Waals surface area contributed by atoms with Crippen molar-refractivity contribution < 1.29 is 19.7 Å². The molecule has 4 heteroatoms. The lowest BCUT2D eigenvalue weighted by Crippen LogP contribution is -2.23. The molecule has 2 N–H and O–H groups in total. The van der Waals surface area contributed by atoms with Crippen molar-refractivity contribution in [3.05, 3.63) is 128 Å². The highest BCUT2D eigenvalue weighted by molar-refractivity contribution is 5.66. The topological polar surface area (TPSA) is 58.9 Å². The zero-order valence-electron chi connectivity index (χ0n) is 45.4. The highest BCUT2D eigenvalue weighted by atomic mass is 16.5. The van der Waals surface area contributed by atoms with Crippen LogP contribution in [0, 0.1) is 6.92 Å². The van der Waals surface area contributed by atoms with Crippen molar-refractivity contribution >= 4 is 0 Å². The molecule has 1 aromatic rings. The molecule has 0 saturated heterocycles. The van der Waals surface area contributed by atoms with Gasteiger partial charge < -0.3 is 19.7 Å². The first-order valence-corrected chi connectivity index (χ1v) is 25.5. The molecule has 0 aromatic heterocycles. The van der Waals surface area contributed by atoms with Crippen LogP contribution in [0.3, 0.4) is 0 Å². The van der Waals surface area contributed by atoms with Crippen molar-refractivity contribution in [2.45, 2.75) is 231 Å². The van der Waals surface area contributed by atoms with Crippen LogP contribution in [-0.4, -0.2) is 22.9 Å². The molecule has 0 fully saturated rings. The van der Waals surface area contributed by atoms with Crippen molar-refractivity contribution in [3.8, 4) is 23.0 Å². The number of benzene rings is 1. The Morgan fingerprint density at radius 1 is 0.394 bits per heavy atom. The fourth-order valence-corrected chi connectivity index (χ4v) is 7.84. The lowest BCUT2D eigenvalue weighted by atomic mass is 9.99. The second-order valence-corrected chi connectivity index (χ2v) is 20.7. The SMILES string of the molecule is COc1c(O)c(C/C=C(\C)CC/C=C(\C)CC/C=C(\C)CC/C=C(\C)CC/C=C(\C)CC/C=C(\C)CC/C=C(\C)CC/C=C(\C)CC/C=C(\C)CCC=C(C)C)c(C)c(O)c1OC(C)(C)C. The van der Waals surface area contributed by atoms with Gasteiger partial charge in [-0.2, -0.15) is 0 Å². The number of ether oxygens (including phenoxy) is 2. The smallest absolute Gasteiger partial charge is 0.208 e. The Kier molecular flexibility index (Phi) is 30.2. The summed E-state index contributed by atoms with van der Waals surface area (Å²) in [7, 11) is 1.48. The summed E-state index contributed by atoms with van der Waals surface area (Å²) in [6.07, 6.45) is 44.6. The van der Waals surface area contributed by atoms with Crippen LogP contribution in [0.5, 0.6) is 23.0 Å². The number of phenolic OH excluding ortho intramolecular Hbond substituents is 2. The molecule has 1 aromatic carbocycles. The molecule has 0 bridgehead atoms. The highest BCUT2D eigenvalue weighted by Gasteiger charge is 2.26. The van der Waals surface area contributed by atoms with E-state index in [4.69, 9.17) is 9.47 Å². The monoisotopic (exact) mass is 907 g/mol. The van der Waals surface area contributed by atoms with Crippen LogP contribution in [-0.2, 0) is 6.42 Å². The summed E-state index contributed by atoms with van der Waals surface area (Å²) in [6, 6.07) is 0. The van der Waals surface area contributed by atoms with Crippen LogP contribution in [0.25, 0.3) is 0 Å². The van der Waals surface area contributed by atoms with E-state index < -0.39 is 5.60 Å². The maximum Gasteiger partial charge on any atom is 0.208 e. The Balaban J connectivity index is 2.36. The average molecular weight is 907 g/mol. The molecule has 0 spiro atoms. The normalized spacial score (nSPS) is 14.3. The van der Waals surface area contributed by atoms with E-state index in [9.17, 15) is 10.2 Å². The molecule has 0 aliphatic heterocycles. The lowest BCUT2D eigenvalue weighted by Gasteiger charge is -2.25. The van der Waals surface area contributed by atoms with Crippen molar-refractivity contribution in [3.63, 3.8) is 0 Å². The third-order valence-corrected chi connectivity index (χ3v) is 12.3. The maximum absolute atomic E-state index is 11.0. The van der Waals surface area contributed by atoms with E-state index in [2.05, 4.69) is 137 Å². The van der Waals surface area contributed by atoms with Gasteiger partial charge in [0.2, 0.25) is 11.5 Å². The predicted molar refractivity (Wildman–Crippen MR) is 291 cm³/mol. The molecule has 0 radical (unpaired) electrons. The number of hydrogen-bond acceptors (Lipinski definition) is 4. The number of phenols is 2. The van der Waals surface area contributed by atoms with Crippen molar-refractivity contribution in [2.75, 3.05) is 7.11 Å². The summed E-state index contributed by atoms with van der Waals surface area (Å²) in [6.45, 7) is 32.2. The largest absolute Gasteiger partial charge is 0.504 e. The van der Waals surface area contributed by atoms with E-state index in [1.165, 1.54) is 82.1 Å². The minimum Gasteiger partial charge on any atom is -0.504 e. The summed E-state index contributed by atoms with van der Waals surface area (Å²) in [4.78, 5) is 0. The van der Waals surface area contributed by atoms with E-state index in [0.717, 1.165) is 96.3 Å². The Hall–Kier alpha value is -4.18. The van der Waals surface area contributed by atoms with Crippen molar-refractivity contribution in [1.82, 2.24) is 0 Å². The first-order valence-electron chi connectivity index (χ1n) is 25.5. The van der Waals surface area contributed by atoms with Gasteiger partial charge in [-0.05, 0) is 226 Å². The van der Waals surface area contributed by atoms with Gasteiger partial charge in [-0.1, -0.05) is 116 Å². The van der Waals surface area contributed by atoms with Crippen LogP contribution in [0.15, 0.2) is 116 Å². The van der Waals surface area contributed by atoms with Gasteiger partial charge in [-0.15, -0.1) is 0 Å². The second kappa shape index (κ2) is 33.3. The second-order valence-electron chi connectivity index (χ2n) is 20.7. The molecule has 0 amide bonds. The van der Waals surface area contributed by atoms with Crippen LogP contribution < -0.4 is 9.47 Å². The number of allylic oxidation sites excluding steroid dienone is 20. The highest BCUT2D eigenvalue weighted by Crippen LogP contribution is 2.49. The third kappa shape index (κ3) is 28.1. The molecule has 0 atom stereocenters. The summed E-state index contributed by atoms with van der Waals surface area (Å²) >= 11 is 0. The van der Waals surface area contributed by atoms with Crippen LogP contribution >= 0.6 is 0 Å². The average Bonchev–Trinajstić information content (AvgIpc) is 3.22. The molecule has 0 heterocycles. The molecule has 4 nitrogen and oxygen atoms in total.